The maximum Gasteiger partial charge on any atom is 0.255 e. The van der Waals surface area contributed by atoms with Crippen molar-refractivity contribution in [1.29, 1.82) is 0 Å². The van der Waals surface area contributed by atoms with Gasteiger partial charge in [-0.2, -0.15) is 9.41 Å². The van der Waals surface area contributed by atoms with Gasteiger partial charge in [0.1, 0.15) is 0 Å². The minimum Gasteiger partial charge on any atom is -0.272 e. The molecule has 0 atom stereocenters. The first-order chi connectivity index (χ1) is 15.3. The molecule has 0 radical (unpaired) electrons. The van der Waals surface area contributed by atoms with Crippen LogP contribution in [0, 0.1) is 0 Å². The summed E-state index contributed by atoms with van der Waals surface area (Å²) >= 11 is 15.4. The number of carbonyl (C=O) groups excluding carboxylic acids is 1. The van der Waals surface area contributed by atoms with Gasteiger partial charge in [0.25, 0.3) is 5.91 Å². The predicted octanol–water partition coefficient (Wildman–Crippen LogP) is 5.10. The van der Waals surface area contributed by atoms with E-state index in [1.165, 1.54) is 18.3 Å². The molecule has 3 aromatic rings. The molecule has 6 nitrogen and oxygen atoms in total. The van der Waals surface area contributed by atoms with Crippen LogP contribution in [0.25, 0.3) is 0 Å². The number of hydrogen-bond acceptors (Lipinski definition) is 4. The number of benzene rings is 3. The van der Waals surface area contributed by atoms with E-state index >= 15 is 0 Å². The highest BCUT2D eigenvalue weighted by molar-refractivity contribution is 9.10. The van der Waals surface area contributed by atoms with Gasteiger partial charge in [-0.3, -0.25) is 4.79 Å². The van der Waals surface area contributed by atoms with Crippen LogP contribution >= 0.6 is 39.1 Å². The molecule has 32 heavy (non-hydrogen) atoms. The second-order valence-electron chi connectivity index (χ2n) is 6.65. The molecular weight excluding hydrogens is 537 g/mol. The van der Waals surface area contributed by atoms with E-state index in [9.17, 15) is 13.2 Å². The quantitative estimate of drug-likeness (QED) is 0.311. The summed E-state index contributed by atoms with van der Waals surface area (Å²) in [5, 5.41) is 4.58. The van der Waals surface area contributed by atoms with Crippen molar-refractivity contribution in [2.24, 2.45) is 5.10 Å². The molecule has 166 valence electrons. The largest absolute Gasteiger partial charge is 0.272 e. The fourth-order valence-corrected chi connectivity index (χ4v) is 4.87. The summed E-state index contributed by atoms with van der Waals surface area (Å²) in [6.07, 6.45) is 1.47. The molecular formula is C22H18BrCl2N3O3S. The Bertz CT molecular complexity index is 1240. The van der Waals surface area contributed by atoms with Crippen LogP contribution in [0.5, 0.6) is 0 Å². The molecule has 0 unspecified atom stereocenters. The lowest BCUT2D eigenvalue weighted by Crippen LogP contribution is -2.39. The first-order valence-corrected chi connectivity index (χ1v) is 12.3. The third-order valence-corrected chi connectivity index (χ3v) is 7.61. The van der Waals surface area contributed by atoms with Gasteiger partial charge in [0.2, 0.25) is 10.0 Å². The van der Waals surface area contributed by atoms with Crippen LogP contribution in [-0.4, -0.2) is 31.4 Å². The van der Waals surface area contributed by atoms with Crippen molar-refractivity contribution < 1.29 is 13.2 Å². The molecule has 0 saturated carbocycles. The standard InChI is InChI=1S/C22H18BrCl2N3O3S/c23-19-9-5-4-6-17(19)13-26-27-22(29)15-28(14-16-10-11-20(24)21(25)12-16)32(30,31)18-7-2-1-3-8-18/h1-13H,14-15H2,(H,27,29)/b26-13-. The zero-order valence-electron chi connectivity index (χ0n) is 16.6. The highest BCUT2D eigenvalue weighted by Crippen LogP contribution is 2.25. The Morgan fingerprint density at radius 2 is 1.69 bits per heavy atom. The Hall–Kier alpha value is -2.23. The number of sulfonamides is 1. The Kier molecular flexibility index (Phi) is 8.44. The highest BCUT2D eigenvalue weighted by Gasteiger charge is 2.27. The van der Waals surface area contributed by atoms with Crippen molar-refractivity contribution in [3.8, 4) is 0 Å². The molecule has 0 saturated heterocycles. The topological polar surface area (TPSA) is 78.8 Å². The lowest BCUT2D eigenvalue weighted by Gasteiger charge is -2.21. The van der Waals surface area contributed by atoms with Crippen LogP contribution in [0.4, 0.5) is 0 Å². The van der Waals surface area contributed by atoms with Crippen molar-refractivity contribution in [3.05, 3.63) is 98.4 Å². The number of hydrogen-bond donors (Lipinski definition) is 1. The molecule has 1 N–H and O–H groups in total. The van der Waals surface area contributed by atoms with Crippen LogP contribution in [0.2, 0.25) is 10.0 Å². The van der Waals surface area contributed by atoms with Gasteiger partial charge < -0.3 is 0 Å². The van der Waals surface area contributed by atoms with Crippen LogP contribution in [-0.2, 0) is 21.4 Å². The minimum absolute atomic E-state index is 0.0737. The zero-order chi connectivity index (χ0) is 23.1. The molecule has 0 aliphatic heterocycles. The molecule has 0 aromatic heterocycles. The van der Waals surface area contributed by atoms with E-state index in [2.05, 4.69) is 26.5 Å². The van der Waals surface area contributed by atoms with E-state index in [0.29, 0.717) is 15.6 Å². The zero-order valence-corrected chi connectivity index (χ0v) is 20.5. The summed E-state index contributed by atoms with van der Waals surface area (Å²) in [7, 11) is -3.96. The number of hydrazone groups is 1. The molecule has 3 aromatic carbocycles. The summed E-state index contributed by atoms with van der Waals surface area (Å²) < 4.78 is 28.3. The van der Waals surface area contributed by atoms with E-state index in [1.54, 1.807) is 36.4 Å². The predicted molar refractivity (Wildman–Crippen MR) is 130 cm³/mol. The van der Waals surface area contributed by atoms with Crippen LogP contribution in [0.15, 0.2) is 87.3 Å². The molecule has 0 aliphatic carbocycles. The molecule has 1 amide bonds. The van der Waals surface area contributed by atoms with Crippen molar-refractivity contribution in [2.45, 2.75) is 11.4 Å². The van der Waals surface area contributed by atoms with E-state index < -0.39 is 22.5 Å². The van der Waals surface area contributed by atoms with Crippen LogP contribution < -0.4 is 5.43 Å². The smallest absolute Gasteiger partial charge is 0.255 e. The Morgan fingerprint density at radius 1 is 1.00 bits per heavy atom. The molecule has 0 fully saturated rings. The number of nitrogens with one attached hydrogen (secondary N) is 1. The second kappa shape index (κ2) is 11.1. The maximum absolute atomic E-state index is 13.2. The Labute approximate surface area is 205 Å². The van der Waals surface area contributed by atoms with Crippen LogP contribution in [0.1, 0.15) is 11.1 Å². The number of amides is 1. The highest BCUT2D eigenvalue weighted by atomic mass is 79.9. The first kappa shape index (κ1) is 24.4. The molecule has 0 spiro atoms. The average Bonchev–Trinajstić information content (AvgIpc) is 2.78. The molecule has 3 rings (SSSR count). The summed E-state index contributed by atoms with van der Waals surface area (Å²) in [6.45, 7) is -0.514. The lowest BCUT2D eigenvalue weighted by molar-refractivity contribution is -0.121. The van der Waals surface area contributed by atoms with Gasteiger partial charge in [0.05, 0.1) is 27.7 Å². The van der Waals surface area contributed by atoms with Crippen molar-refractivity contribution in [2.75, 3.05) is 6.54 Å². The van der Waals surface area contributed by atoms with Gasteiger partial charge >= 0.3 is 0 Å². The van der Waals surface area contributed by atoms with Crippen molar-refractivity contribution in [1.82, 2.24) is 9.73 Å². The molecule has 0 heterocycles. The van der Waals surface area contributed by atoms with E-state index in [4.69, 9.17) is 23.2 Å². The summed E-state index contributed by atoms with van der Waals surface area (Å²) in [6, 6.07) is 20.0. The molecule has 10 heteroatoms. The van der Waals surface area contributed by atoms with Gasteiger partial charge in [-0.15, -0.1) is 0 Å². The Balaban J connectivity index is 1.81. The van der Waals surface area contributed by atoms with E-state index in [-0.39, 0.29) is 11.4 Å². The monoisotopic (exact) mass is 553 g/mol. The fraction of sp³-hybridized carbons (Fsp3) is 0.0909. The minimum atomic E-state index is -3.96. The van der Waals surface area contributed by atoms with Crippen LogP contribution in [0.3, 0.4) is 0 Å². The average molecular weight is 555 g/mol. The third-order valence-electron chi connectivity index (χ3n) is 4.34. The second-order valence-corrected chi connectivity index (χ2v) is 10.3. The van der Waals surface area contributed by atoms with Crippen molar-refractivity contribution >= 4 is 61.3 Å². The normalized spacial score (nSPS) is 11.8. The summed E-state index contributed by atoms with van der Waals surface area (Å²) in [5.74, 6) is -0.590. The molecule has 0 bridgehead atoms. The van der Waals surface area contributed by atoms with E-state index in [0.717, 1.165) is 14.3 Å². The summed E-state index contributed by atoms with van der Waals surface area (Å²) in [4.78, 5) is 12.6. The van der Waals surface area contributed by atoms with Gasteiger partial charge in [0, 0.05) is 16.6 Å². The lowest BCUT2D eigenvalue weighted by atomic mass is 10.2. The van der Waals surface area contributed by atoms with Gasteiger partial charge in [-0.25, -0.2) is 13.8 Å². The maximum atomic E-state index is 13.2. The number of carbonyl (C=O) groups is 1. The van der Waals surface area contributed by atoms with E-state index in [1.807, 2.05) is 24.3 Å². The third kappa shape index (κ3) is 6.40. The SMILES string of the molecule is O=C(CN(Cc1ccc(Cl)c(Cl)c1)S(=O)(=O)c1ccccc1)N/N=C\c1ccccc1Br. The first-order valence-electron chi connectivity index (χ1n) is 9.33. The fourth-order valence-electron chi connectivity index (χ4n) is 2.76. The van der Waals surface area contributed by atoms with Gasteiger partial charge in [0.15, 0.2) is 0 Å². The van der Waals surface area contributed by atoms with Gasteiger partial charge in [-0.1, -0.05) is 81.6 Å². The number of rotatable bonds is 8. The number of halogens is 3. The summed E-state index contributed by atoms with van der Waals surface area (Å²) in [5.41, 5.74) is 3.72. The van der Waals surface area contributed by atoms with Crippen molar-refractivity contribution in [3.63, 3.8) is 0 Å². The number of nitrogens with zero attached hydrogens (tertiary/aromatic N) is 2. The van der Waals surface area contributed by atoms with Gasteiger partial charge in [-0.05, 0) is 35.9 Å². The Morgan fingerprint density at radius 3 is 2.38 bits per heavy atom. The molecule has 0 aliphatic rings.